The summed E-state index contributed by atoms with van der Waals surface area (Å²) in [6.45, 7) is 5.38. The summed E-state index contributed by atoms with van der Waals surface area (Å²) in [6, 6.07) is 1.82. The van der Waals surface area contributed by atoms with E-state index in [2.05, 4.69) is 6.92 Å². The Hall–Kier alpha value is -1.22. The molecule has 0 amide bonds. The van der Waals surface area contributed by atoms with Crippen LogP contribution in [0.3, 0.4) is 0 Å². The number of carbonyl (C=O) groups excluding carboxylic acids is 1. The molecule has 2 rings (SSSR count). The van der Waals surface area contributed by atoms with Gasteiger partial charge in [-0.05, 0) is 17.9 Å². The summed E-state index contributed by atoms with van der Waals surface area (Å²) in [7, 11) is 0. The Morgan fingerprint density at radius 1 is 1.42 bits per heavy atom. The van der Waals surface area contributed by atoms with Crippen LogP contribution in [-0.4, -0.2) is 19.5 Å². The van der Waals surface area contributed by atoms with Crippen LogP contribution in [0.4, 0.5) is 0 Å². The zero-order chi connectivity index (χ0) is 13.8. The zero-order valence-corrected chi connectivity index (χ0v) is 12.1. The van der Waals surface area contributed by atoms with Gasteiger partial charge in [-0.25, -0.2) is 0 Å². The zero-order valence-electron chi connectivity index (χ0n) is 11.4. The minimum absolute atomic E-state index is 0.0945. The van der Waals surface area contributed by atoms with E-state index >= 15 is 0 Å². The summed E-state index contributed by atoms with van der Waals surface area (Å²) in [6.07, 6.45) is 3.08. The first-order chi connectivity index (χ1) is 9.19. The van der Waals surface area contributed by atoms with E-state index in [1.165, 1.54) is 0 Å². The van der Waals surface area contributed by atoms with Gasteiger partial charge in [0.05, 0.1) is 13.2 Å². The third-order valence-electron chi connectivity index (χ3n) is 3.43. The van der Waals surface area contributed by atoms with Crippen LogP contribution >= 0.6 is 11.6 Å². The SMILES string of the molecule is CCc1c2c(cc(Cl)c1C(C)CC=O)OCCCO2. The molecule has 0 aliphatic carbocycles. The maximum absolute atomic E-state index is 10.7. The number of halogens is 1. The first-order valence-electron chi connectivity index (χ1n) is 6.73. The van der Waals surface area contributed by atoms with Crippen LogP contribution in [0.1, 0.15) is 43.7 Å². The van der Waals surface area contributed by atoms with Gasteiger partial charge in [0.25, 0.3) is 0 Å². The van der Waals surface area contributed by atoms with Crippen LogP contribution in [0.5, 0.6) is 11.5 Å². The second kappa shape index (κ2) is 6.29. The fourth-order valence-electron chi connectivity index (χ4n) is 2.50. The van der Waals surface area contributed by atoms with Crippen molar-refractivity contribution in [1.29, 1.82) is 0 Å². The van der Waals surface area contributed by atoms with Crippen molar-refractivity contribution in [2.75, 3.05) is 13.2 Å². The fourth-order valence-corrected chi connectivity index (χ4v) is 2.90. The smallest absolute Gasteiger partial charge is 0.164 e. The number of aldehydes is 1. The highest BCUT2D eigenvalue weighted by Gasteiger charge is 2.23. The van der Waals surface area contributed by atoms with Crippen molar-refractivity contribution in [3.05, 3.63) is 22.2 Å². The monoisotopic (exact) mass is 282 g/mol. The van der Waals surface area contributed by atoms with Crippen LogP contribution in [0.25, 0.3) is 0 Å². The number of benzene rings is 1. The molecule has 1 aromatic rings. The number of hydrogen-bond acceptors (Lipinski definition) is 3. The van der Waals surface area contributed by atoms with Crippen molar-refractivity contribution in [3.8, 4) is 11.5 Å². The second-order valence-corrected chi connectivity index (χ2v) is 5.19. The van der Waals surface area contributed by atoms with Crippen LogP contribution in [-0.2, 0) is 11.2 Å². The third kappa shape index (κ3) is 2.86. The molecule has 0 aromatic heterocycles. The highest BCUT2D eigenvalue weighted by atomic mass is 35.5. The highest BCUT2D eigenvalue weighted by Crippen LogP contribution is 2.43. The summed E-state index contributed by atoms with van der Waals surface area (Å²) in [5.74, 6) is 1.62. The second-order valence-electron chi connectivity index (χ2n) is 4.79. The molecule has 1 atom stereocenters. The summed E-state index contributed by atoms with van der Waals surface area (Å²) in [5, 5.41) is 0.662. The topological polar surface area (TPSA) is 35.5 Å². The molecule has 1 aliphatic rings. The molecule has 0 bridgehead atoms. The predicted octanol–water partition coefficient (Wildman–Crippen LogP) is 3.76. The van der Waals surface area contributed by atoms with Gasteiger partial charge in [-0.3, -0.25) is 0 Å². The minimum atomic E-state index is 0.0945. The van der Waals surface area contributed by atoms with Gasteiger partial charge < -0.3 is 14.3 Å². The molecule has 1 unspecified atom stereocenters. The van der Waals surface area contributed by atoms with Crippen molar-refractivity contribution >= 4 is 17.9 Å². The molecule has 1 heterocycles. The highest BCUT2D eigenvalue weighted by molar-refractivity contribution is 6.31. The molecule has 0 saturated carbocycles. The first-order valence-corrected chi connectivity index (χ1v) is 7.11. The van der Waals surface area contributed by atoms with E-state index in [-0.39, 0.29) is 5.92 Å². The average molecular weight is 283 g/mol. The van der Waals surface area contributed by atoms with Gasteiger partial charge in [-0.15, -0.1) is 0 Å². The Labute approximate surface area is 118 Å². The van der Waals surface area contributed by atoms with E-state index in [1.54, 1.807) is 0 Å². The largest absolute Gasteiger partial charge is 0.489 e. The number of rotatable bonds is 4. The van der Waals surface area contributed by atoms with E-state index in [4.69, 9.17) is 21.1 Å². The van der Waals surface area contributed by atoms with E-state index in [9.17, 15) is 4.79 Å². The van der Waals surface area contributed by atoms with Crippen LogP contribution in [0, 0.1) is 0 Å². The third-order valence-corrected chi connectivity index (χ3v) is 3.74. The van der Waals surface area contributed by atoms with Crippen LogP contribution in [0.2, 0.25) is 5.02 Å². The predicted molar refractivity (Wildman–Crippen MR) is 75.5 cm³/mol. The van der Waals surface area contributed by atoms with Crippen LogP contribution < -0.4 is 9.47 Å². The van der Waals surface area contributed by atoms with E-state index in [0.717, 1.165) is 41.8 Å². The quantitative estimate of drug-likeness (QED) is 0.789. The molecule has 1 aliphatic heterocycles. The van der Waals surface area contributed by atoms with Gasteiger partial charge in [-0.1, -0.05) is 25.4 Å². The maximum atomic E-state index is 10.7. The molecule has 0 N–H and O–H groups in total. The van der Waals surface area contributed by atoms with E-state index < -0.39 is 0 Å². The number of carbonyl (C=O) groups is 1. The summed E-state index contributed by atoms with van der Waals surface area (Å²) in [4.78, 5) is 10.7. The molecule has 4 heteroatoms. The van der Waals surface area contributed by atoms with E-state index in [1.807, 2.05) is 13.0 Å². The Kier molecular flexibility index (Phi) is 4.70. The lowest BCUT2D eigenvalue weighted by atomic mass is 9.91. The van der Waals surface area contributed by atoms with Gasteiger partial charge >= 0.3 is 0 Å². The maximum Gasteiger partial charge on any atom is 0.164 e. The normalized spacial score (nSPS) is 15.7. The molecule has 0 saturated heterocycles. The average Bonchev–Trinajstić information content (AvgIpc) is 2.62. The molecule has 0 spiro atoms. The summed E-state index contributed by atoms with van der Waals surface area (Å²) in [5.41, 5.74) is 2.08. The van der Waals surface area contributed by atoms with Crippen LogP contribution in [0.15, 0.2) is 6.07 Å². The van der Waals surface area contributed by atoms with Crippen molar-refractivity contribution in [2.24, 2.45) is 0 Å². The Bertz CT molecular complexity index is 471. The summed E-state index contributed by atoms with van der Waals surface area (Å²) < 4.78 is 11.5. The number of fused-ring (bicyclic) bond motifs is 1. The summed E-state index contributed by atoms with van der Waals surface area (Å²) >= 11 is 6.38. The standard InChI is InChI=1S/C15H19ClO3/c1-3-11-14(10(2)5-6-17)12(16)9-13-15(11)19-8-4-7-18-13/h6,9-10H,3-5,7-8H2,1-2H3. The van der Waals surface area contributed by atoms with Crippen molar-refractivity contribution in [3.63, 3.8) is 0 Å². The first kappa shape index (κ1) is 14.2. The molecule has 3 nitrogen and oxygen atoms in total. The van der Waals surface area contributed by atoms with Gasteiger partial charge in [0.1, 0.15) is 6.29 Å². The van der Waals surface area contributed by atoms with Crippen molar-refractivity contribution < 1.29 is 14.3 Å². The van der Waals surface area contributed by atoms with Crippen molar-refractivity contribution in [2.45, 2.75) is 39.0 Å². The molecule has 19 heavy (non-hydrogen) atoms. The Balaban J connectivity index is 2.54. The number of ether oxygens (including phenoxy) is 2. The van der Waals surface area contributed by atoms with E-state index in [0.29, 0.717) is 24.7 Å². The Morgan fingerprint density at radius 3 is 2.84 bits per heavy atom. The number of hydrogen-bond donors (Lipinski definition) is 0. The van der Waals surface area contributed by atoms with Gasteiger partial charge in [-0.2, -0.15) is 0 Å². The lowest BCUT2D eigenvalue weighted by molar-refractivity contribution is -0.108. The van der Waals surface area contributed by atoms with Gasteiger partial charge in [0.2, 0.25) is 0 Å². The van der Waals surface area contributed by atoms with Gasteiger partial charge in [0, 0.05) is 29.5 Å². The molecule has 104 valence electrons. The molecular weight excluding hydrogens is 264 g/mol. The molecule has 0 fully saturated rings. The van der Waals surface area contributed by atoms with Crippen molar-refractivity contribution in [1.82, 2.24) is 0 Å². The fraction of sp³-hybridized carbons (Fsp3) is 0.533. The van der Waals surface area contributed by atoms with Gasteiger partial charge in [0.15, 0.2) is 11.5 Å². The minimum Gasteiger partial charge on any atom is -0.489 e. The Morgan fingerprint density at radius 2 is 2.16 bits per heavy atom. The molecule has 0 radical (unpaired) electrons. The lowest BCUT2D eigenvalue weighted by Gasteiger charge is -2.20. The molecular formula is C15H19ClO3. The lowest BCUT2D eigenvalue weighted by Crippen LogP contribution is -2.05. The molecule has 1 aromatic carbocycles.